The molecule has 6 heteroatoms. The van der Waals surface area contributed by atoms with Gasteiger partial charge in [0.2, 0.25) is 5.91 Å². The average Bonchev–Trinajstić information content (AvgIpc) is 3.09. The summed E-state index contributed by atoms with van der Waals surface area (Å²) in [5.74, 6) is 1.93. The molecule has 0 atom stereocenters. The van der Waals surface area contributed by atoms with Crippen LogP contribution in [0, 0.1) is 5.92 Å². The highest BCUT2D eigenvalue weighted by atomic mass is 16.2. The number of aromatic nitrogens is 2. The summed E-state index contributed by atoms with van der Waals surface area (Å²) < 4.78 is 0. The van der Waals surface area contributed by atoms with Crippen molar-refractivity contribution >= 4 is 5.91 Å². The number of H-pyrrole nitrogens is 1. The van der Waals surface area contributed by atoms with Gasteiger partial charge in [-0.3, -0.25) is 9.69 Å². The van der Waals surface area contributed by atoms with E-state index in [-0.39, 0.29) is 5.91 Å². The third-order valence-corrected chi connectivity index (χ3v) is 5.18. The fourth-order valence-electron chi connectivity index (χ4n) is 3.59. The highest BCUT2D eigenvalue weighted by molar-refractivity contribution is 5.78. The van der Waals surface area contributed by atoms with Gasteiger partial charge in [0, 0.05) is 18.4 Å². The van der Waals surface area contributed by atoms with Crippen LogP contribution in [-0.4, -0.2) is 64.4 Å². The van der Waals surface area contributed by atoms with Crippen molar-refractivity contribution in [1.82, 2.24) is 25.1 Å². The van der Waals surface area contributed by atoms with Crippen LogP contribution in [0.4, 0.5) is 0 Å². The van der Waals surface area contributed by atoms with Crippen LogP contribution in [0.25, 0.3) is 0 Å². The molecule has 1 amide bonds. The SMILES string of the molecule is CC1CCN(CC(=O)N(Cc2ncc[nH]2)C2CCNCC2)CC1. The summed E-state index contributed by atoms with van der Waals surface area (Å²) in [6.07, 6.45) is 8.06. The standard InChI is InChI=1S/C17H29N5O/c1-14-4-10-21(11-5-14)13-17(23)22(12-16-19-8-9-20-16)15-2-6-18-7-3-15/h8-9,14-15,18H,2-7,10-13H2,1H3,(H,19,20). The third kappa shape index (κ3) is 4.54. The Labute approximate surface area is 138 Å². The molecule has 0 aliphatic carbocycles. The summed E-state index contributed by atoms with van der Waals surface area (Å²) in [4.78, 5) is 24.8. The second-order valence-corrected chi connectivity index (χ2v) is 7.00. The molecule has 1 aromatic heterocycles. The fraction of sp³-hybridized carbons (Fsp3) is 0.765. The van der Waals surface area contributed by atoms with Crippen LogP contribution in [-0.2, 0) is 11.3 Å². The van der Waals surface area contributed by atoms with Crippen molar-refractivity contribution in [2.24, 2.45) is 5.92 Å². The fourth-order valence-corrected chi connectivity index (χ4v) is 3.59. The van der Waals surface area contributed by atoms with Crippen LogP contribution < -0.4 is 5.32 Å². The number of aromatic amines is 1. The van der Waals surface area contributed by atoms with Crippen molar-refractivity contribution in [2.45, 2.75) is 45.2 Å². The first-order valence-corrected chi connectivity index (χ1v) is 8.93. The van der Waals surface area contributed by atoms with Crippen molar-refractivity contribution < 1.29 is 4.79 Å². The maximum absolute atomic E-state index is 12.9. The van der Waals surface area contributed by atoms with Crippen molar-refractivity contribution in [3.05, 3.63) is 18.2 Å². The minimum absolute atomic E-state index is 0.253. The van der Waals surface area contributed by atoms with Gasteiger partial charge < -0.3 is 15.2 Å². The summed E-state index contributed by atoms with van der Waals surface area (Å²) in [7, 11) is 0. The number of hydrogen-bond acceptors (Lipinski definition) is 4. The zero-order valence-corrected chi connectivity index (χ0v) is 14.1. The first-order valence-electron chi connectivity index (χ1n) is 8.93. The Kier molecular flexibility index (Phi) is 5.67. The maximum Gasteiger partial charge on any atom is 0.237 e. The van der Waals surface area contributed by atoms with Crippen LogP contribution in [0.3, 0.4) is 0 Å². The zero-order valence-electron chi connectivity index (χ0n) is 14.1. The number of nitrogens with zero attached hydrogens (tertiary/aromatic N) is 3. The van der Waals surface area contributed by atoms with E-state index < -0.39 is 0 Å². The van der Waals surface area contributed by atoms with Crippen LogP contribution in [0.1, 0.15) is 38.4 Å². The molecular weight excluding hydrogens is 290 g/mol. The van der Waals surface area contributed by atoms with Gasteiger partial charge in [-0.1, -0.05) is 6.92 Å². The highest BCUT2D eigenvalue weighted by Crippen LogP contribution is 2.18. The maximum atomic E-state index is 12.9. The van der Waals surface area contributed by atoms with E-state index in [1.807, 2.05) is 6.20 Å². The minimum atomic E-state index is 0.253. The number of carbonyl (C=O) groups excluding carboxylic acids is 1. The quantitative estimate of drug-likeness (QED) is 0.856. The second kappa shape index (κ2) is 7.93. The highest BCUT2D eigenvalue weighted by Gasteiger charge is 2.28. The smallest absolute Gasteiger partial charge is 0.237 e. The molecule has 128 valence electrons. The molecule has 2 aliphatic heterocycles. The van der Waals surface area contributed by atoms with Crippen molar-refractivity contribution in [1.29, 1.82) is 0 Å². The lowest BCUT2D eigenvalue weighted by molar-refractivity contribution is -0.136. The predicted octanol–water partition coefficient (Wildman–Crippen LogP) is 1.22. The van der Waals surface area contributed by atoms with Crippen LogP contribution >= 0.6 is 0 Å². The van der Waals surface area contributed by atoms with E-state index in [1.165, 1.54) is 12.8 Å². The third-order valence-electron chi connectivity index (χ3n) is 5.18. The Hall–Kier alpha value is -1.40. The first kappa shape index (κ1) is 16.5. The van der Waals surface area contributed by atoms with Gasteiger partial charge in [0.25, 0.3) is 0 Å². The number of amides is 1. The molecule has 0 spiro atoms. The summed E-state index contributed by atoms with van der Waals surface area (Å²) >= 11 is 0. The van der Waals surface area contributed by atoms with E-state index in [2.05, 4.69) is 32.0 Å². The molecule has 3 rings (SSSR count). The molecule has 0 unspecified atom stereocenters. The lowest BCUT2D eigenvalue weighted by Gasteiger charge is -2.37. The molecule has 0 bridgehead atoms. The molecule has 0 aromatic carbocycles. The first-order chi connectivity index (χ1) is 11.2. The molecular formula is C17H29N5O. The molecule has 2 aliphatic rings. The van der Waals surface area contributed by atoms with E-state index in [0.29, 0.717) is 19.1 Å². The Morgan fingerprint density at radius 3 is 2.70 bits per heavy atom. The van der Waals surface area contributed by atoms with E-state index in [4.69, 9.17) is 0 Å². The second-order valence-electron chi connectivity index (χ2n) is 7.00. The molecule has 3 heterocycles. The van der Waals surface area contributed by atoms with E-state index >= 15 is 0 Å². The van der Waals surface area contributed by atoms with Crippen LogP contribution in [0.2, 0.25) is 0 Å². The van der Waals surface area contributed by atoms with Gasteiger partial charge in [0.05, 0.1) is 13.1 Å². The number of rotatable bonds is 5. The summed E-state index contributed by atoms with van der Waals surface area (Å²) in [6.45, 7) is 7.54. The van der Waals surface area contributed by atoms with Gasteiger partial charge >= 0.3 is 0 Å². The molecule has 0 saturated carbocycles. The summed E-state index contributed by atoms with van der Waals surface area (Å²) in [5, 5.41) is 3.38. The monoisotopic (exact) mass is 319 g/mol. The van der Waals surface area contributed by atoms with Gasteiger partial charge in [-0.25, -0.2) is 4.98 Å². The zero-order chi connectivity index (χ0) is 16.1. The number of likely N-dealkylation sites (tertiary alicyclic amines) is 1. The van der Waals surface area contributed by atoms with Gasteiger partial charge in [-0.2, -0.15) is 0 Å². The molecule has 2 fully saturated rings. The van der Waals surface area contributed by atoms with Crippen molar-refractivity contribution in [3.63, 3.8) is 0 Å². The number of hydrogen-bond donors (Lipinski definition) is 2. The van der Waals surface area contributed by atoms with Crippen molar-refractivity contribution in [3.8, 4) is 0 Å². The Bertz CT molecular complexity index is 475. The number of imidazole rings is 1. The van der Waals surface area contributed by atoms with E-state index in [9.17, 15) is 4.79 Å². The van der Waals surface area contributed by atoms with E-state index in [1.54, 1.807) is 6.20 Å². The lowest BCUT2D eigenvalue weighted by atomic mass is 9.99. The molecule has 2 N–H and O–H groups in total. The van der Waals surface area contributed by atoms with Gasteiger partial charge in [-0.15, -0.1) is 0 Å². The Balaban J connectivity index is 1.62. The molecule has 0 radical (unpaired) electrons. The average molecular weight is 319 g/mol. The molecule has 2 saturated heterocycles. The van der Waals surface area contributed by atoms with E-state index in [0.717, 1.165) is 50.8 Å². The van der Waals surface area contributed by atoms with Gasteiger partial charge in [-0.05, 0) is 57.8 Å². The van der Waals surface area contributed by atoms with Crippen molar-refractivity contribution in [2.75, 3.05) is 32.7 Å². The summed E-state index contributed by atoms with van der Waals surface area (Å²) in [6, 6.07) is 0.331. The van der Waals surface area contributed by atoms with Crippen LogP contribution in [0.15, 0.2) is 12.4 Å². The molecule has 6 nitrogen and oxygen atoms in total. The predicted molar refractivity (Wildman–Crippen MR) is 89.9 cm³/mol. The van der Waals surface area contributed by atoms with Crippen LogP contribution in [0.5, 0.6) is 0 Å². The number of carbonyl (C=O) groups is 1. The number of nitrogens with one attached hydrogen (secondary N) is 2. The number of piperidine rings is 2. The normalized spacial score (nSPS) is 21.4. The summed E-state index contributed by atoms with van der Waals surface area (Å²) in [5.41, 5.74) is 0. The van der Waals surface area contributed by atoms with Gasteiger partial charge in [0.15, 0.2) is 0 Å². The largest absolute Gasteiger partial charge is 0.347 e. The molecule has 23 heavy (non-hydrogen) atoms. The molecule has 1 aromatic rings. The Morgan fingerprint density at radius 2 is 2.04 bits per heavy atom. The minimum Gasteiger partial charge on any atom is -0.347 e. The Morgan fingerprint density at radius 1 is 1.30 bits per heavy atom. The van der Waals surface area contributed by atoms with Gasteiger partial charge in [0.1, 0.15) is 5.82 Å². The topological polar surface area (TPSA) is 64.3 Å². The lowest BCUT2D eigenvalue weighted by Crippen LogP contribution is -2.50.